The van der Waals surface area contributed by atoms with E-state index in [0.29, 0.717) is 17.1 Å². The molecule has 7 heteroatoms. The third-order valence-corrected chi connectivity index (χ3v) is 6.57. The molecule has 0 aliphatic rings. The summed E-state index contributed by atoms with van der Waals surface area (Å²) in [6.07, 6.45) is 0.856. The lowest BCUT2D eigenvalue weighted by molar-refractivity contribution is 0.102. The van der Waals surface area contributed by atoms with Crippen molar-refractivity contribution in [3.05, 3.63) is 83.9 Å². The number of rotatable bonds is 7. The van der Waals surface area contributed by atoms with E-state index in [1.165, 1.54) is 23.5 Å². The number of hydrogen-bond donors (Lipinski definition) is 1. The predicted molar refractivity (Wildman–Crippen MR) is 119 cm³/mol. The molecule has 0 saturated carbocycles. The minimum Gasteiger partial charge on any atom is -0.497 e. The number of hydrogen-bond acceptors (Lipinski definition) is 4. The number of sulfonamides is 1. The summed E-state index contributed by atoms with van der Waals surface area (Å²) in [5.41, 5.74) is 2.52. The number of amides is 1. The number of methoxy groups -OCH3 is 1. The maximum atomic E-state index is 13.1. The van der Waals surface area contributed by atoms with Crippen LogP contribution in [0.5, 0.6) is 5.75 Å². The maximum absolute atomic E-state index is 13.1. The number of benzene rings is 3. The smallest absolute Gasteiger partial charge is 0.264 e. The van der Waals surface area contributed by atoms with Crippen molar-refractivity contribution in [1.29, 1.82) is 0 Å². The highest BCUT2D eigenvalue weighted by atomic mass is 32.2. The van der Waals surface area contributed by atoms with Gasteiger partial charge in [0.25, 0.3) is 15.9 Å². The summed E-state index contributed by atoms with van der Waals surface area (Å²) in [4.78, 5) is 12.7. The zero-order valence-corrected chi connectivity index (χ0v) is 17.9. The Morgan fingerprint density at radius 1 is 1.00 bits per heavy atom. The van der Waals surface area contributed by atoms with Crippen LogP contribution in [0.25, 0.3) is 0 Å². The van der Waals surface area contributed by atoms with Crippen LogP contribution in [-0.2, 0) is 16.4 Å². The molecule has 1 N–H and O–H groups in total. The van der Waals surface area contributed by atoms with Crippen LogP contribution in [0.4, 0.5) is 11.4 Å². The van der Waals surface area contributed by atoms with Crippen LogP contribution in [0.15, 0.2) is 77.7 Å². The second kappa shape index (κ2) is 9.00. The van der Waals surface area contributed by atoms with Crippen molar-refractivity contribution < 1.29 is 17.9 Å². The molecular formula is C23H24N2O4S. The Labute approximate surface area is 177 Å². The lowest BCUT2D eigenvalue weighted by Crippen LogP contribution is -2.26. The van der Waals surface area contributed by atoms with E-state index < -0.39 is 10.0 Å². The van der Waals surface area contributed by atoms with Gasteiger partial charge in [-0.3, -0.25) is 9.10 Å². The van der Waals surface area contributed by atoms with Crippen molar-refractivity contribution >= 4 is 27.3 Å². The lowest BCUT2D eigenvalue weighted by Gasteiger charge is -2.20. The summed E-state index contributed by atoms with van der Waals surface area (Å²) in [5.74, 6) is 0.266. The number of nitrogens with one attached hydrogen (secondary N) is 1. The largest absolute Gasteiger partial charge is 0.497 e. The fourth-order valence-electron chi connectivity index (χ4n) is 2.96. The summed E-state index contributed by atoms with van der Waals surface area (Å²) >= 11 is 0. The van der Waals surface area contributed by atoms with Gasteiger partial charge in [-0.25, -0.2) is 8.42 Å². The van der Waals surface area contributed by atoms with E-state index in [4.69, 9.17) is 4.74 Å². The molecule has 1 amide bonds. The normalized spacial score (nSPS) is 11.0. The molecule has 0 spiro atoms. The van der Waals surface area contributed by atoms with Gasteiger partial charge in [0, 0.05) is 18.3 Å². The van der Waals surface area contributed by atoms with E-state index in [2.05, 4.69) is 5.32 Å². The van der Waals surface area contributed by atoms with Gasteiger partial charge in [-0.05, 0) is 66.6 Å². The zero-order valence-electron chi connectivity index (χ0n) is 17.1. The van der Waals surface area contributed by atoms with E-state index in [1.54, 1.807) is 49.6 Å². The van der Waals surface area contributed by atoms with Gasteiger partial charge in [-0.1, -0.05) is 25.1 Å². The molecule has 3 rings (SSSR count). The van der Waals surface area contributed by atoms with E-state index in [-0.39, 0.29) is 16.4 Å². The molecule has 156 valence electrons. The monoisotopic (exact) mass is 424 g/mol. The van der Waals surface area contributed by atoms with Crippen molar-refractivity contribution in [3.8, 4) is 5.75 Å². The van der Waals surface area contributed by atoms with Gasteiger partial charge in [0.1, 0.15) is 5.75 Å². The van der Waals surface area contributed by atoms with E-state index in [0.717, 1.165) is 12.0 Å². The predicted octanol–water partition coefficient (Wildman–Crippen LogP) is 4.34. The Kier molecular flexibility index (Phi) is 6.42. The third kappa shape index (κ3) is 4.63. The number of aryl methyl sites for hydroxylation is 1. The van der Waals surface area contributed by atoms with Crippen LogP contribution >= 0.6 is 0 Å². The van der Waals surface area contributed by atoms with Crippen molar-refractivity contribution in [3.63, 3.8) is 0 Å². The second-order valence-corrected chi connectivity index (χ2v) is 8.68. The first kappa shape index (κ1) is 21.4. The SMILES string of the molecule is CCc1cccc(NC(=O)c2cccc(S(=O)(=O)N(C)c3ccc(OC)cc3)c2)c1. The highest BCUT2D eigenvalue weighted by Gasteiger charge is 2.22. The van der Waals surface area contributed by atoms with Gasteiger partial charge < -0.3 is 10.1 Å². The van der Waals surface area contributed by atoms with Gasteiger partial charge in [-0.2, -0.15) is 0 Å². The molecule has 0 heterocycles. The molecule has 3 aromatic rings. The quantitative estimate of drug-likeness (QED) is 0.612. The molecule has 3 aromatic carbocycles. The highest BCUT2D eigenvalue weighted by Crippen LogP contribution is 2.25. The molecule has 0 aliphatic carbocycles. The average molecular weight is 425 g/mol. The van der Waals surface area contributed by atoms with Crippen molar-refractivity contribution in [2.75, 3.05) is 23.8 Å². The number of nitrogens with zero attached hydrogens (tertiary/aromatic N) is 1. The van der Waals surface area contributed by atoms with Crippen LogP contribution in [0, 0.1) is 0 Å². The molecule has 30 heavy (non-hydrogen) atoms. The maximum Gasteiger partial charge on any atom is 0.264 e. The summed E-state index contributed by atoms with van der Waals surface area (Å²) in [7, 11) is -0.820. The van der Waals surface area contributed by atoms with Crippen LogP contribution in [0.3, 0.4) is 0 Å². The minimum atomic E-state index is -3.84. The number of carbonyl (C=O) groups excluding carboxylic acids is 1. The van der Waals surface area contributed by atoms with Crippen molar-refractivity contribution in [1.82, 2.24) is 0 Å². The zero-order chi connectivity index (χ0) is 21.7. The van der Waals surface area contributed by atoms with Gasteiger partial charge in [0.2, 0.25) is 0 Å². The third-order valence-electron chi connectivity index (χ3n) is 4.78. The lowest BCUT2D eigenvalue weighted by atomic mass is 10.1. The summed E-state index contributed by atoms with van der Waals surface area (Å²) < 4.78 is 32.4. The van der Waals surface area contributed by atoms with Crippen LogP contribution in [-0.4, -0.2) is 28.5 Å². The molecule has 0 unspecified atom stereocenters. The van der Waals surface area contributed by atoms with Gasteiger partial charge in [0.05, 0.1) is 17.7 Å². The Hall–Kier alpha value is -3.32. The van der Waals surface area contributed by atoms with E-state index in [1.807, 2.05) is 25.1 Å². The Morgan fingerprint density at radius 2 is 1.70 bits per heavy atom. The number of carbonyl (C=O) groups is 1. The van der Waals surface area contributed by atoms with Crippen LogP contribution in [0.2, 0.25) is 0 Å². The Morgan fingerprint density at radius 3 is 2.37 bits per heavy atom. The molecule has 0 aromatic heterocycles. The number of anilines is 2. The van der Waals surface area contributed by atoms with E-state index in [9.17, 15) is 13.2 Å². The Bertz CT molecular complexity index is 1140. The van der Waals surface area contributed by atoms with Gasteiger partial charge in [-0.15, -0.1) is 0 Å². The van der Waals surface area contributed by atoms with Gasteiger partial charge >= 0.3 is 0 Å². The molecule has 6 nitrogen and oxygen atoms in total. The highest BCUT2D eigenvalue weighted by molar-refractivity contribution is 7.92. The first-order valence-corrected chi connectivity index (χ1v) is 10.9. The minimum absolute atomic E-state index is 0.0378. The first-order chi connectivity index (χ1) is 14.3. The molecule has 0 fully saturated rings. The van der Waals surface area contributed by atoms with Gasteiger partial charge in [0.15, 0.2) is 0 Å². The molecule has 0 radical (unpaired) electrons. The standard InChI is InChI=1S/C23H24N2O4S/c1-4-17-7-5-9-19(15-17)24-23(26)18-8-6-10-22(16-18)30(27,28)25(2)20-11-13-21(29-3)14-12-20/h5-16H,4H2,1-3H3,(H,24,26). The number of ether oxygens (including phenoxy) is 1. The van der Waals surface area contributed by atoms with Crippen LogP contribution < -0.4 is 14.4 Å². The van der Waals surface area contributed by atoms with Crippen molar-refractivity contribution in [2.24, 2.45) is 0 Å². The average Bonchev–Trinajstić information content (AvgIpc) is 2.78. The molecule has 0 bridgehead atoms. The summed E-state index contributed by atoms with van der Waals surface area (Å²) in [6, 6.07) is 20.3. The fourth-order valence-corrected chi connectivity index (χ4v) is 4.20. The summed E-state index contributed by atoms with van der Waals surface area (Å²) in [5, 5.41) is 2.82. The fraction of sp³-hybridized carbons (Fsp3) is 0.174. The molecule has 0 saturated heterocycles. The molecular weight excluding hydrogens is 400 g/mol. The second-order valence-electron chi connectivity index (χ2n) is 6.71. The summed E-state index contributed by atoms with van der Waals surface area (Å²) in [6.45, 7) is 2.04. The molecule has 0 aliphatic heterocycles. The van der Waals surface area contributed by atoms with Crippen LogP contribution in [0.1, 0.15) is 22.8 Å². The Balaban J connectivity index is 1.84. The van der Waals surface area contributed by atoms with Crippen molar-refractivity contribution in [2.45, 2.75) is 18.2 Å². The first-order valence-electron chi connectivity index (χ1n) is 9.48. The topological polar surface area (TPSA) is 75.7 Å². The molecule has 0 atom stereocenters. The van der Waals surface area contributed by atoms with E-state index >= 15 is 0 Å².